The number of sulfonamides is 1. The first kappa shape index (κ1) is 14.9. The van der Waals surface area contributed by atoms with Crippen LogP contribution in [0.25, 0.3) is 0 Å². The molecule has 0 radical (unpaired) electrons. The van der Waals surface area contributed by atoms with Crippen LogP contribution in [0.1, 0.15) is 5.56 Å². The number of nitrogens with two attached hydrogens (primary N) is 1. The zero-order valence-corrected chi connectivity index (χ0v) is 11.2. The fourth-order valence-electron chi connectivity index (χ4n) is 1.42. The van der Waals surface area contributed by atoms with Crippen molar-refractivity contribution < 1.29 is 17.9 Å². The molecule has 0 unspecified atom stereocenters. The molecule has 102 valence electrons. The molecule has 0 bridgehead atoms. The highest BCUT2D eigenvalue weighted by atomic mass is 32.2. The van der Waals surface area contributed by atoms with E-state index in [-0.39, 0.29) is 12.0 Å². The van der Waals surface area contributed by atoms with E-state index in [9.17, 15) is 8.42 Å². The highest BCUT2D eigenvalue weighted by molar-refractivity contribution is 7.88. The van der Waals surface area contributed by atoms with Gasteiger partial charge in [-0.25, -0.2) is 13.6 Å². The van der Waals surface area contributed by atoms with Crippen molar-refractivity contribution in [2.45, 2.75) is 12.0 Å². The molecule has 1 aromatic carbocycles. The third-order valence-electron chi connectivity index (χ3n) is 2.32. The van der Waals surface area contributed by atoms with Gasteiger partial charge in [-0.05, 0) is 17.7 Å². The van der Waals surface area contributed by atoms with Crippen molar-refractivity contribution in [2.75, 3.05) is 26.1 Å². The second kappa shape index (κ2) is 6.69. The summed E-state index contributed by atoms with van der Waals surface area (Å²) >= 11 is 0. The van der Waals surface area contributed by atoms with Gasteiger partial charge >= 0.3 is 0 Å². The molecule has 1 rings (SSSR count). The van der Waals surface area contributed by atoms with Gasteiger partial charge in [-0.2, -0.15) is 0 Å². The van der Waals surface area contributed by atoms with E-state index in [1.54, 1.807) is 38.5 Å². The average Bonchev–Trinajstić information content (AvgIpc) is 2.30. The van der Waals surface area contributed by atoms with E-state index < -0.39 is 10.0 Å². The minimum Gasteiger partial charge on any atom is -0.380 e. The average molecular weight is 274 g/mol. The van der Waals surface area contributed by atoms with Gasteiger partial charge in [-0.1, -0.05) is 12.1 Å². The second-order valence-electron chi connectivity index (χ2n) is 3.79. The van der Waals surface area contributed by atoms with Crippen LogP contribution in [0.3, 0.4) is 0 Å². The Morgan fingerprint density at radius 3 is 2.22 bits per heavy atom. The van der Waals surface area contributed by atoms with Crippen molar-refractivity contribution in [3.63, 3.8) is 0 Å². The summed E-state index contributed by atoms with van der Waals surface area (Å²) in [5.41, 5.74) is 1.50. The second-order valence-corrected chi connectivity index (χ2v) is 5.40. The van der Waals surface area contributed by atoms with Crippen molar-refractivity contribution in [1.29, 1.82) is 0 Å². The first-order chi connectivity index (χ1) is 8.44. The first-order valence-electron chi connectivity index (χ1n) is 5.33. The Bertz CT molecular complexity index is 454. The number of anilines is 1. The number of primary sulfonamides is 1. The van der Waals surface area contributed by atoms with Gasteiger partial charge in [0.05, 0.1) is 12.3 Å². The lowest BCUT2D eigenvalue weighted by molar-refractivity contribution is -0.0914. The summed E-state index contributed by atoms with van der Waals surface area (Å²) in [6, 6.07) is 6.98. The van der Waals surface area contributed by atoms with Crippen LogP contribution in [-0.4, -0.2) is 35.5 Å². The summed E-state index contributed by atoms with van der Waals surface area (Å²) in [4.78, 5) is 0. The summed E-state index contributed by atoms with van der Waals surface area (Å²) in [5, 5.41) is 8.07. The summed E-state index contributed by atoms with van der Waals surface area (Å²) in [6.45, 7) is 0.502. The fraction of sp³-hybridized carbons (Fsp3) is 0.455. The molecule has 0 spiro atoms. The standard InChI is InChI=1S/C11H18N2O4S/c1-16-11(17-2)7-13-10-5-3-9(4-6-10)8-18(12,14)15/h3-6,11,13H,7-8H2,1-2H3,(H2,12,14,15). The maximum atomic E-state index is 10.9. The van der Waals surface area contributed by atoms with Gasteiger partial charge in [0, 0.05) is 19.9 Å². The third kappa shape index (κ3) is 5.46. The van der Waals surface area contributed by atoms with E-state index in [0.29, 0.717) is 12.1 Å². The van der Waals surface area contributed by atoms with Crippen molar-refractivity contribution in [1.82, 2.24) is 0 Å². The molecule has 0 aliphatic carbocycles. The molecular weight excluding hydrogens is 256 g/mol. The van der Waals surface area contributed by atoms with Crippen LogP contribution in [-0.2, 0) is 25.2 Å². The van der Waals surface area contributed by atoms with Gasteiger partial charge < -0.3 is 14.8 Å². The van der Waals surface area contributed by atoms with E-state index in [0.717, 1.165) is 5.69 Å². The maximum absolute atomic E-state index is 10.9. The minimum absolute atomic E-state index is 0.161. The first-order valence-corrected chi connectivity index (χ1v) is 7.05. The number of ether oxygens (including phenoxy) is 2. The number of nitrogens with one attached hydrogen (secondary N) is 1. The van der Waals surface area contributed by atoms with E-state index in [1.807, 2.05) is 0 Å². The zero-order chi connectivity index (χ0) is 13.6. The van der Waals surface area contributed by atoms with Crippen molar-refractivity contribution in [3.8, 4) is 0 Å². The molecule has 6 nitrogen and oxygen atoms in total. The number of rotatable bonds is 7. The smallest absolute Gasteiger partial charge is 0.213 e. The molecule has 7 heteroatoms. The number of methoxy groups -OCH3 is 2. The van der Waals surface area contributed by atoms with Crippen molar-refractivity contribution >= 4 is 15.7 Å². The number of hydrogen-bond donors (Lipinski definition) is 2. The molecule has 0 fully saturated rings. The van der Waals surface area contributed by atoms with E-state index in [1.165, 1.54) is 0 Å². The molecular formula is C11H18N2O4S. The molecule has 1 aromatic rings. The van der Waals surface area contributed by atoms with Gasteiger partial charge in [0.15, 0.2) is 6.29 Å². The minimum atomic E-state index is -3.48. The Morgan fingerprint density at radius 2 is 1.78 bits per heavy atom. The normalized spacial score (nSPS) is 11.8. The molecule has 0 aliphatic heterocycles. The van der Waals surface area contributed by atoms with E-state index >= 15 is 0 Å². The van der Waals surface area contributed by atoms with Gasteiger partial charge in [0.2, 0.25) is 10.0 Å². The van der Waals surface area contributed by atoms with Crippen molar-refractivity contribution in [2.24, 2.45) is 5.14 Å². The molecule has 0 aromatic heterocycles. The van der Waals surface area contributed by atoms with Gasteiger partial charge in [-0.3, -0.25) is 0 Å². The SMILES string of the molecule is COC(CNc1ccc(CS(N)(=O)=O)cc1)OC. The van der Waals surface area contributed by atoms with Crippen LogP contribution >= 0.6 is 0 Å². The Kier molecular flexibility index (Phi) is 5.54. The summed E-state index contributed by atoms with van der Waals surface area (Å²) in [6.07, 6.45) is -0.325. The van der Waals surface area contributed by atoms with Crippen LogP contribution in [0.5, 0.6) is 0 Å². The van der Waals surface area contributed by atoms with E-state index in [4.69, 9.17) is 14.6 Å². The molecule has 3 N–H and O–H groups in total. The zero-order valence-electron chi connectivity index (χ0n) is 10.4. The highest BCUT2D eigenvalue weighted by Gasteiger charge is 2.06. The van der Waals surface area contributed by atoms with Crippen LogP contribution in [0.4, 0.5) is 5.69 Å². The van der Waals surface area contributed by atoms with Crippen LogP contribution in [0.15, 0.2) is 24.3 Å². The van der Waals surface area contributed by atoms with E-state index in [2.05, 4.69) is 5.32 Å². The highest BCUT2D eigenvalue weighted by Crippen LogP contribution is 2.11. The third-order valence-corrected chi connectivity index (χ3v) is 3.06. The quantitative estimate of drug-likeness (QED) is 0.707. The Labute approximate surface area is 107 Å². The lowest BCUT2D eigenvalue weighted by Crippen LogP contribution is -2.23. The summed E-state index contributed by atoms with van der Waals surface area (Å²) < 4.78 is 31.9. The van der Waals surface area contributed by atoms with Crippen molar-refractivity contribution in [3.05, 3.63) is 29.8 Å². The van der Waals surface area contributed by atoms with Gasteiger partial charge in [0.25, 0.3) is 0 Å². The molecule has 0 saturated carbocycles. The predicted octanol–water partition coefficient (Wildman–Crippen LogP) is 0.506. The summed E-state index contributed by atoms with van der Waals surface area (Å²) in [7, 11) is -0.363. The lowest BCUT2D eigenvalue weighted by Gasteiger charge is -2.15. The topological polar surface area (TPSA) is 90.6 Å². The monoisotopic (exact) mass is 274 g/mol. The van der Waals surface area contributed by atoms with Crippen LogP contribution < -0.4 is 10.5 Å². The Balaban J connectivity index is 2.55. The fourth-order valence-corrected chi connectivity index (χ4v) is 2.07. The Hall–Kier alpha value is -1.15. The molecule has 0 heterocycles. The summed E-state index contributed by atoms with van der Waals surface area (Å²) in [5.74, 6) is -0.161. The molecule has 0 saturated heterocycles. The molecule has 0 atom stereocenters. The Morgan fingerprint density at radius 1 is 1.22 bits per heavy atom. The maximum Gasteiger partial charge on any atom is 0.213 e. The number of benzene rings is 1. The lowest BCUT2D eigenvalue weighted by atomic mass is 10.2. The van der Waals surface area contributed by atoms with Gasteiger partial charge in [0.1, 0.15) is 0 Å². The molecule has 0 aliphatic rings. The van der Waals surface area contributed by atoms with Crippen LogP contribution in [0.2, 0.25) is 0 Å². The van der Waals surface area contributed by atoms with Crippen LogP contribution in [0, 0.1) is 0 Å². The molecule has 18 heavy (non-hydrogen) atoms. The molecule has 0 amide bonds. The predicted molar refractivity (Wildman–Crippen MR) is 69.5 cm³/mol. The largest absolute Gasteiger partial charge is 0.380 e. The van der Waals surface area contributed by atoms with Gasteiger partial charge in [-0.15, -0.1) is 0 Å². The number of hydrogen-bond acceptors (Lipinski definition) is 5.